The summed E-state index contributed by atoms with van der Waals surface area (Å²) in [5.74, 6) is 0.671. The Morgan fingerprint density at radius 3 is 2.53 bits per heavy atom. The first-order valence-electron chi connectivity index (χ1n) is 6.61. The van der Waals surface area contributed by atoms with Crippen molar-refractivity contribution in [3.8, 4) is 0 Å². The number of nitrogens with zero attached hydrogens (tertiary/aromatic N) is 1. The summed E-state index contributed by atoms with van der Waals surface area (Å²) in [7, 11) is 0. The zero-order chi connectivity index (χ0) is 12.4. The van der Waals surface area contributed by atoms with Crippen LogP contribution in [-0.2, 0) is 6.54 Å². The predicted octanol–water partition coefficient (Wildman–Crippen LogP) is 2.47. The van der Waals surface area contributed by atoms with Gasteiger partial charge in [-0.2, -0.15) is 0 Å². The monoisotopic (exact) mass is 232 g/mol. The van der Waals surface area contributed by atoms with Gasteiger partial charge in [-0.25, -0.2) is 0 Å². The Morgan fingerprint density at radius 1 is 1.29 bits per heavy atom. The lowest BCUT2D eigenvalue weighted by Crippen LogP contribution is -2.47. The van der Waals surface area contributed by atoms with Crippen molar-refractivity contribution in [1.82, 2.24) is 4.90 Å². The van der Waals surface area contributed by atoms with E-state index in [4.69, 9.17) is 5.73 Å². The van der Waals surface area contributed by atoms with Crippen molar-refractivity contribution in [2.24, 2.45) is 11.7 Å². The average molecular weight is 232 g/mol. The van der Waals surface area contributed by atoms with E-state index in [2.05, 4.69) is 43.9 Å². The maximum Gasteiger partial charge on any atom is 0.0239 e. The van der Waals surface area contributed by atoms with Crippen LogP contribution in [-0.4, -0.2) is 24.0 Å². The first kappa shape index (κ1) is 12.6. The lowest BCUT2D eigenvalue weighted by Gasteiger charge is -2.35. The summed E-state index contributed by atoms with van der Waals surface area (Å²) in [5, 5.41) is 0. The molecule has 0 saturated carbocycles. The molecule has 0 radical (unpaired) electrons. The topological polar surface area (TPSA) is 29.3 Å². The van der Waals surface area contributed by atoms with E-state index in [1.807, 2.05) is 0 Å². The number of piperidine rings is 1. The third-order valence-corrected chi connectivity index (χ3v) is 4.13. The van der Waals surface area contributed by atoms with Crippen LogP contribution in [0.25, 0.3) is 0 Å². The number of nitrogens with two attached hydrogens (primary N) is 1. The maximum absolute atomic E-state index is 6.16. The third kappa shape index (κ3) is 2.88. The highest BCUT2D eigenvalue weighted by Gasteiger charge is 2.23. The molecule has 1 aliphatic heterocycles. The second-order valence-corrected chi connectivity index (χ2v) is 5.54. The van der Waals surface area contributed by atoms with Crippen LogP contribution in [0, 0.1) is 19.8 Å². The molecule has 1 aliphatic rings. The van der Waals surface area contributed by atoms with Gasteiger partial charge in [0.25, 0.3) is 0 Å². The van der Waals surface area contributed by atoms with E-state index >= 15 is 0 Å². The van der Waals surface area contributed by atoms with Crippen molar-refractivity contribution in [2.75, 3.05) is 13.1 Å². The van der Waals surface area contributed by atoms with E-state index < -0.39 is 0 Å². The van der Waals surface area contributed by atoms with Crippen molar-refractivity contribution >= 4 is 0 Å². The average Bonchev–Trinajstić information content (AvgIpc) is 2.28. The number of likely N-dealkylation sites (tertiary alicyclic amines) is 1. The lowest BCUT2D eigenvalue weighted by molar-refractivity contribution is 0.162. The van der Waals surface area contributed by atoms with Crippen LogP contribution in [0.5, 0.6) is 0 Å². The van der Waals surface area contributed by atoms with Gasteiger partial charge in [0.1, 0.15) is 0 Å². The van der Waals surface area contributed by atoms with Gasteiger partial charge in [-0.1, -0.05) is 25.1 Å². The number of hydrogen-bond acceptors (Lipinski definition) is 2. The molecule has 0 bridgehead atoms. The molecule has 0 amide bonds. The fraction of sp³-hybridized carbons (Fsp3) is 0.600. The smallest absolute Gasteiger partial charge is 0.0239 e. The van der Waals surface area contributed by atoms with E-state index in [1.54, 1.807) is 0 Å². The highest BCUT2D eigenvalue weighted by molar-refractivity contribution is 5.33. The predicted molar refractivity (Wildman–Crippen MR) is 72.9 cm³/mol. The van der Waals surface area contributed by atoms with Crippen LogP contribution < -0.4 is 5.73 Å². The van der Waals surface area contributed by atoms with Crippen molar-refractivity contribution in [3.63, 3.8) is 0 Å². The minimum absolute atomic E-state index is 0.341. The number of rotatable bonds is 2. The first-order valence-corrected chi connectivity index (χ1v) is 6.61. The molecule has 2 atom stereocenters. The molecule has 1 aromatic carbocycles. The summed E-state index contributed by atoms with van der Waals surface area (Å²) in [4.78, 5) is 2.50. The fourth-order valence-corrected chi connectivity index (χ4v) is 2.64. The Balaban J connectivity index is 2.06. The molecular formula is C15H24N2. The Bertz CT molecular complexity index is 366. The summed E-state index contributed by atoms with van der Waals surface area (Å²) in [6.07, 6.45) is 1.23. The molecule has 17 heavy (non-hydrogen) atoms. The van der Waals surface area contributed by atoms with Gasteiger partial charge in [-0.15, -0.1) is 0 Å². The summed E-state index contributed by atoms with van der Waals surface area (Å²) < 4.78 is 0. The zero-order valence-electron chi connectivity index (χ0n) is 11.2. The van der Waals surface area contributed by atoms with Gasteiger partial charge in [0.15, 0.2) is 0 Å². The molecule has 2 heteroatoms. The molecule has 2 rings (SSSR count). The van der Waals surface area contributed by atoms with E-state index in [0.29, 0.717) is 12.0 Å². The van der Waals surface area contributed by atoms with Crippen molar-refractivity contribution in [1.29, 1.82) is 0 Å². The van der Waals surface area contributed by atoms with Crippen molar-refractivity contribution in [2.45, 2.75) is 39.8 Å². The van der Waals surface area contributed by atoms with Gasteiger partial charge in [0.05, 0.1) is 0 Å². The summed E-state index contributed by atoms with van der Waals surface area (Å²) in [5.41, 5.74) is 10.4. The summed E-state index contributed by atoms with van der Waals surface area (Å²) in [6, 6.07) is 6.88. The molecule has 1 aromatic rings. The van der Waals surface area contributed by atoms with E-state index in [9.17, 15) is 0 Å². The first-order chi connectivity index (χ1) is 8.08. The second kappa shape index (κ2) is 5.19. The van der Waals surface area contributed by atoms with E-state index in [1.165, 1.54) is 29.7 Å². The molecule has 2 nitrogen and oxygen atoms in total. The molecule has 0 spiro atoms. The van der Waals surface area contributed by atoms with E-state index in [0.717, 1.165) is 13.1 Å². The van der Waals surface area contributed by atoms with E-state index in [-0.39, 0.29) is 0 Å². The molecule has 0 aromatic heterocycles. The van der Waals surface area contributed by atoms with Gasteiger partial charge < -0.3 is 5.73 Å². The number of aryl methyl sites for hydroxylation is 2. The van der Waals surface area contributed by atoms with Crippen LogP contribution >= 0.6 is 0 Å². The lowest BCUT2D eigenvalue weighted by atomic mass is 9.93. The number of hydrogen-bond donors (Lipinski definition) is 1. The van der Waals surface area contributed by atoms with Crippen molar-refractivity contribution < 1.29 is 0 Å². The Kier molecular flexibility index (Phi) is 3.85. The van der Waals surface area contributed by atoms with Crippen LogP contribution in [0.4, 0.5) is 0 Å². The van der Waals surface area contributed by atoms with Gasteiger partial charge in [-0.3, -0.25) is 4.90 Å². The normalized spacial score (nSPS) is 26.1. The summed E-state index contributed by atoms with van der Waals surface area (Å²) >= 11 is 0. The Hall–Kier alpha value is -0.860. The fourth-order valence-electron chi connectivity index (χ4n) is 2.64. The van der Waals surface area contributed by atoms with Gasteiger partial charge in [0.2, 0.25) is 0 Å². The van der Waals surface area contributed by atoms with Gasteiger partial charge in [-0.05, 0) is 49.4 Å². The molecule has 0 aliphatic carbocycles. The third-order valence-electron chi connectivity index (χ3n) is 4.13. The molecule has 94 valence electrons. The maximum atomic E-state index is 6.16. The van der Waals surface area contributed by atoms with Crippen LogP contribution in [0.3, 0.4) is 0 Å². The molecule has 1 fully saturated rings. The quantitative estimate of drug-likeness (QED) is 0.849. The SMILES string of the molecule is Cc1cccc(C)c1CN1CCC(C)C(N)C1. The highest BCUT2D eigenvalue weighted by Crippen LogP contribution is 2.20. The molecular weight excluding hydrogens is 208 g/mol. The Morgan fingerprint density at radius 2 is 1.94 bits per heavy atom. The summed E-state index contributed by atoms with van der Waals surface area (Å²) in [6.45, 7) is 9.95. The largest absolute Gasteiger partial charge is 0.326 e. The highest BCUT2D eigenvalue weighted by atomic mass is 15.1. The zero-order valence-corrected chi connectivity index (χ0v) is 11.2. The van der Waals surface area contributed by atoms with Crippen LogP contribution in [0.15, 0.2) is 18.2 Å². The molecule has 1 heterocycles. The second-order valence-electron chi connectivity index (χ2n) is 5.54. The molecule has 2 unspecified atom stereocenters. The minimum Gasteiger partial charge on any atom is -0.326 e. The van der Waals surface area contributed by atoms with Gasteiger partial charge >= 0.3 is 0 Å². The molecule has 1 saturated heterocycles. The van der Waals surface area contributed by atoms with Crippen LogP contribution in [0.2, 0.25) is 0 Å². The Labute approximate surface area is 105 Å². The molecule has 2 N–H and O–H groups in total. The number of benzene rings is 1. The van der Waals surface area contributed by atoms with Gasteiger partial charge in [0, 0.05) is 19.1 Å². The van der Waals surface area contributed by atoms with Crippen LogP contribution in [0.1, 0.15) is 30.0 Å². The minimum atomic E-state index is 0.341. The standard InChI is InChI=1S/C15H24N2/c1-11-5-4-6-12(2)14(11)9-17-8-7-13(3)15(16)10-17/h4-6,13,15H,7-10,16H2,1-3H3. The van der Waals surface area contributed by atoms with Crippen molar-refractivity contribution in [3.05, 3.63) is 34.9 Å².